The van der Waals surface area contributed by atoms with Gasteiger partial charge in [-0.1, -0.05) is 6.92 Å². The van der Waals surface area contributed by atoms with Crippen molar-refractivity contribution in [2.75, 3.05) is 20.3 Å². The lowest BCUT2D eigenvalue weighted by atomic mass is 10.1. The molecule has 0 aliphatic carbocycles. The maximum atomic E-state index is 10.8. The summed E-state index contributed by atoms with van der Waals surface area (Å²) in [6, 6.07) is 0. The molecule has 0 unspecified atom stereocenters. The molecule has 0 saturated carbocycles. The van der Waals surface area contributed by atoms with Gasteiger partial charge < -0.3 is 14.6 Å². The van der Waals surface area contributed by atoms with Gasteiger partial charge in [-0.05, 0) is 6.42 Å². The Hall–Kier alpha value is -1.51. The Kier molecular flexibility index (Phi) is 5.87. The van der Waals surface area contributed by atoms with Gasteiger partial charge in [0.25, 0.3) is 0 Å². The summed E-state index contributed by atoms with van der Waals surface area (Å²) >= 11 is 0. The quantitative estimate of drug-likeness (QED) is 0.651. The minimum Gasteiger partial charge on any atom is -0.400 e. The molecule has 0 amide bonds. The first-order valence-corrected chi connectivity index (χ1v) is 5.97. The fraction of sp³-hybridized carbons (Fsp3) is 0.727. The largest absolute Gasteiger partial charge is 0.400 e. The van der Waals surface area contributed by atoms with Gasteiger partial charge in [0.05, 0.1) is 18.1 Å². The van der Waals surface area contributed by atoms with Gasteiger partial charge in [-0.3, -0.25) is 14.8 Å². The molecule has 19 heavy (non-hydrogen) atoms. The SMILES string of the molecule is CCC1COC(c2c([N+](=O)[O-])cnn2C)OC1.CO. The molecule has 0 bridgehead atoms. The second-order valence-electron chi connectivity index (χ2n) is 4.07. The maximum absolute atomic E-state index is 10.8. The monoisotopic (exact) mass is 273 g/mol. The Morgan fingerprint density at radius 2 is 2.11 bits per heavy atom. The predicted molar refractivity (Wildman–Crippen MR) is 66.4 cm³/mol. The number of ether oxygens (including phenoxy) is 2. The smallest absolute Gasteiger partial charge is 0.315 e. The van der Waals surface area contributed by atoms with Crippen molar-refractivity contribution < 1.29 is 19.5 Å². The summed E-state index contributed by atoms with van der Waals surface area (Å²) < 4.78 is 12.4. The van der Waals surface area contributed by atoms with Crippen LogP contribution >= 0.6 is 0 Å². The van der Waals surface area contributed by atoms with Crippen LogP contribution in [0.3, 0.4) is 0 Å². The van der Waals surface area contributed by atoms with Crippen molar-refractivity contribution in [3.63, 3.8) is 0 Å². The fourth-order valence-electron chi connectivity index (χ4n) is 1.79. The van der Waals surface area contributed by atoms with E-state index in [1.807, 2.05) is 0 Å². The highest BCUT2D eigenvalue weighted by Gasteiger charge is 2.32. The highest BCUT2D eigenvalue weighted by atomic mass is 16.7. The molecule has 1 aliphatic rings. The van der Waals surface area contributed by atoms with E-state index in [0.29, 0.717) is 24.8 Å². The van der Waals surface area contributed by atoms with E-state index in [9.17, 15) is 10.1 Å². The summed E-state index contributed by atoms with van der Waals surface area (Å²) in [4.78, 5) is 10.4. The van der Waals surface area contributed by atoms with Gasteiger partial charge in [0.1, 0.15) is 6.20 Å². The Balaban J connectivity index is 0.000000861. The molecular formula is C11H19N3O5. The lowest BCUT2D eigenvalue weighted by molar-refractivity contribution is -0.387. The number of nitrogens with zero attached hydrogens (tertiary/aromatic N) is 3. The van der Waals surface area contributed by atoms with Crippen molar-refractivity contribution >= 4 is 5.69 Å². The Morgan fingerprint density at radius 3 is 2.58 bits per heavy atom. The molecule has 1 fully saturated rings. The van der Waals surface area contributed by atoms with Crippen LogP contribution < -0.4 is 0 Å². The van der Waals surface area contributed by atoms with Crippen molar-refractivity contribution in [2.24, 2.45) is 13.0 Å². The third kappa shape index (κ3) is 3.49. The lowest BCUT2D eigenvalue weighted by Gasteiger charge is -2.28. The summed E-state index contributed by atoms with van der Waals surface area (Å²) in [6.07, 6.45) is 1.50. The van der Waals surface area contributed by atoms with E-state index in [1.165, 1.54) is 10.9 Å². The van der Waals surface area contributed by atoms with Crippen LogP contribution in [0.4, 0.5) is 5.69 Å². The van der Waals surface area contributed by atoms with E-state index in [0.717, 1.165) is 13.5 Å². The van der Waals surface area contributed by atoms with E-state index in [1.54, 1.807) is 7.05 Å². The highest BCUT2D eigenvalue weighted by molar-refractivity contribution is 5.33. The summed E-state index contributed by atoms with van der Waals surface area (Å²) in [5.41, 5.74) is 0.303. The Morgan fingerprint density at radius 1 is 1.53 bits per heavy atom. The second-order valence-corrected chi connectivity index (χ2v) is 4.07. The standard InChI is InChI=1S/C10H15N3O4.CH4O/c1-3-7-5-16-10(17-6-7)9-8(13(14)15)4-11-12(9)2;1-2/h4,7,10H,3,5-6H2,1-2H3;2H,1H3. The summed E-state index contributed by atoms with van der Waals surface area (Å²) in [5.74, 6) is 0.360. The van der Waals surface area contributed by atoms with Crippen molar-refractivity contribution in [3.8, 4) is 0 Å². The van der Waals surface area contributed by atoms with E-state index in [4.69, 9.17) is 14.6 Å². The molecule has 108 valence electrons. The number of nitro groups is 1. The number of aliphatic hydroxyl groups is 1. The number of rotatable bonds is 3. The van der Waals surface area contributed by atoms with Crippen molar-refractivity contribution in [1.29, 1.82) is 0 Å². The minimum absolute atomic E-state index is 0.0625. The van der Waals surface area contributed by atoms with E-state index in [2.05, 4.69) is 12.0 Å². The molecule has 0 spiro atoms. The van der Waals surface area contributed by atoms with Crippen LogP contribution in [0.5, 0.6) is 0 Å². The van der Waals surface area contributed by atoms with E-state index < -0.39 is 11.2 Å². The number of hydrogen-bond acceptors (Lipinski definition) is 6. The van der Waals surface area contributed by atoms with E-state index >= 15 is 0 Å². The fourth-order valence-corrected chi connectivity index (χ4v) is 1.79. The zero-order chi connectivity index (χ0) is 14.4. The topological polar surface area (TPSA) is 99.7 Å². The van der Waals surface area contributed by atoms with Crippen molar-refractivity contribution in [3.05, 3.63) is 22.0 Å². The average Bonchev–Trinajstić information content (AvgIpc) is 2.83. The Labute approximate surface area is 111 Å². The molecule has 8 heteroatoms. The van der Waals surface area contributed by atoms with Gasteiger partial charge in [-0.2, -0.15) is 5.10 Å². The molecule has 1 aromatic rings. The third-order valence-electron chi connectivity index (χ3n) is 2.93. The molecule has 1 aliphatic heterocycles. The highest BCUT2D eigenvalue weighted by Crippen LogP contribution is 2.31. The molecule has 1 aromatic heterocycles. The molecule has 1 N–H and O–H groups in total. The molecule has 0 aromatic carbocycles. The third-order valence-corrected chi connectivity index (χ3v) is 2.93. The molecule has 2 heterocycles. The van der Waals surface area contributed by atoms with Crippen LogP contribution in [0.1, 0.15) is 25.3 Å². The normalized spacial score (nSPS) is 22.5. The van der Waals surface area contributed by atoms with E-state index in [-0.39, 0.29) is 5.69 Å². The molecular weight excluding hydrogens is 254 g/mol. The van der Waals surface area contributed by atoms with Gasteiger partial charge in [0, 0.05) is 20.1 Å². The van der Waals surface area contributed by atoms with Gasteiger partial charge in [0.15, 0.2) is 5.69 Å². The van der Waals surface area contributed by atoms with Gasteiger partial charge in [0.2, 0.25) is 6.29 Å². The van der Waals surface area contributed by atoms with Gasteiger partial charge in [-0.25, -0.2) is 0 Å². The first kappa shape index (κ1) is 15.5. The van der Waals surface area contributed by atoms with Crippen molar-refractivity contribution in [2.45, 2.75) is 19.6 Å². The van der Waals surface area contributed by atoms with Crippen LogP contribution in [0.15, 0.2) is 6.20 Å². The molecule has 0 atom stereocenters. The summed E-state index contributed by atoms with van der Waals surface area (Å²) in [5, 5.41) is 21.7. The molecule has 0 radical (unpaired) electrons. The van der Waals surface area contributed by atoms with Crippen LogP contribution in [0.2, 0.25) is 0 Å². The minimum atomic E-state index is -0.689. The Bertz CT molecular complexity index is 412. The molecule has 1 saturated heterocycles. The number of aryl methyl sites for hydroxylation is 1. The van der Waals surface area contributed by atoms with Crippen LogP contribution in [-0.2, 0) is 16.5 Å². The number of aromatic nitrogens is 2. The maximum Gasteiger partial charge on any atom is 0.315 e. The zero-order valence-corrected chi connectivity index (χ0v) is 11.3. The molecule has 8 nitrogen and oxygen atoms in total. The summed E-state index contributed by atoms with van der Waals surface area (Å²) in [7, 11) is 2.64. The second kappa shape index (κ2) is 7.17. The summed E-state index contributed by atoms with van der Waals surface area (Å²) in [6.45, 7) is 3.18. The zero-order valence-electron chi connectivity index (χ0n) is 11.3. The number of hydrogen-bond donors (Lipinski definition) is 1. The number of aliphatic hydroxyl groups excluding tert-OH is 1. The molecule has 2 rings (SSSR count). The first-order chi connectivity index (χ1) is 9.13. The van der Waals surface area contributed by atoms with Crippen LogP contribution in [-0.4, -0.2) is 40.1 Å². The predicted octanol–water partition coefficient (Wildman–Crippen LogP) is 1.01. The lowest BCUT2D eigenvalue weighted by Crippen LogP contribution is -2.28. The van der Waals surface area contributed by atoms with Crippen molar-refractivity contribution in [1.82, 2.24) is 9.78 Å². The van der Waals surface area contributed by atoms with Crippen LogP contribution in [0, 0.1) is 16.0 Å². The van der Waals surface area contributed by atoms with Gasteiger partial charge >= 0.3 is 5.69 Å². The van der Waals surface area contributed by atoms with Gasteiger partial charge in [-0.15, -0.1) is 0 Å². The first-order valence-electron chi connectivity index (χ1n) is 5.97. The van der Waals surface area contributed by atoms with Crippen LogP contribution in [0.25, 0.3) is 0 Å². The average molecular weight is 273 g/mol.